The smallest absolute Gasteiger partial charge is 0.129 e. The number of aryl methyl sites for hydroxylation is 2. The first-order valence-electron chi connectivity index (χ1n) is 43.9. The number of unbranched alkanes of at least 4 members (excludes halogenated alkanes) is 75. The van der Waals surface area contributed by atoms with Gasteiger partial charge in [-0.15, -0.1) is 0 Å². The highest BCUT2D eigenvalue weighted by molar-refractivity contribution is 5.28. The van der Waals surface area contributed by atoms with Gasteiger partial charge < -0.3 is 0 Å². The maximum Gasteiger partial charge on any atom is 0.129 e. The molecule has 91 heavy (non-hydrogen) atoms. The van der Waals surface area contributed by atoms with Gasteiger partial charge in [-0.05, 0) is 44.1 Å². The van der Waals surface area contributed by atoms with Crippen LogP contribution in [-0.4, -0.2) is 9.97 Å². The molecule has 1 aromatic rings. The summed E-state index contributed by atoms with van der Waals surface area (Å²) in [5.74, 6) is 0.781. The van der Waals surface area contributed by atoms with Crippen LogP contribution >= 0.6 is 0 Å². The SMILES string of the molecule is [CH2]c1nc(CCCCCCCCCCCCCCCCCCCCCCCCCCCC)c(CCCCCCCCCCCCCCCCCCCCCCCCCCCC)c(CCCCCCCCCCCCCCCCCCCCCCCCCCCC)n1. The number of hydrogen-bond donors (Lipinski definition) is 0. The summed E-state index contributed by atoms with van der Waals surface area (Å²) in [7, 11) is 0. The lowest BCUT2D eigenvalue weighted by Crippen LogP contribution is -2.09. The van der Waals surface area contributed by atoms with Crippen molar-refractivity contribution in [2.45, 2.75) is 541 Å². The first-order chi connectivity index (χ1) is 45.2. The van der Waals surface area contributed by atoms with Crippen LogP contribution in [0.5, 0.6) is 0 Å². The standard InChI is InChI=1S/C89H173N2/c1-5-8-11-14-17-20-23-26-29-32-35-38-41-44-47-50-53-56-59-62-65-68-71-74-77-80-83-87-88(84-81-78-75-72-69-66-63-60-57-54-51-48-45-42-39-36-33-30-27-24-21-18-15-12-9-6-2)90-86(4)91-89(87)85-82-79-76-73-70-67-64-61-58-55-52-49-46-43-40-37-34-31-28-25-22-19-16-13-10-7-3/h4-85H2,1-3H3. The zero-order valence-corrected chi connectivity index (χ0v) is 63.9. The van der Waals surface area contributed by atoms with Crippen molar-refractivity contribution >= 4 is 0 Å². The Morgan fingerprint density at radius 1 is 0.154 bits per heavy atom. The van der Waals surface area contributed by atoms with Gasteiger partial charge in [0.25, 0.3) is 0 Å². The molecular weight excluding hydrogens is 1100 g/mol. The second-order valence-corrected chi connectivity index (χ2v) is 30.8. The van der Waals surface area contributed by atoms with Gasteiger partial charge in [0, 0.05) is 18.3 Å². The molecule has 0 N–H and O–H groups in total. The van der Waals surface area contributed by atoms with Crippen LogP contribution in [0.15, 0.2) is 0 Å². The summed E-state index contributed by atoms with van der Waals surface area (Å²) in [6, 6.07) is 0. The van der Waals surface area contributed by atoms with Crippen LogP contribution in [0.2, 0.25) is 0 Å². The predicted molar refractivity (Wildman–Crippen MR) is 415 cm³/mol. The second-order valence-electron chi connectivity index (χ2n) is 30.8. The third kappa shape index (κ3) is 68.8. The molecule has 0 bridgehead atoms. The largest absolute Gasteiger partial charge is 0.238 e. The van der Waals surface area contributed by atoms with Crippen LogP contribution in [0.25, 0.3) is 0 Å². The Morgan fingerprint density at radius 2 is 0.264 bits per heavy atom. The summed E-state index contributed by atoms with van der Waals surface area (Å²) in [6.45, 7) is 11.3. The molecule has 1 rings (SSSR count). The van der Waals surface area contributed by atoms with Gasteiger partial charge in [-0.25, -0.2) is 9.97 Å². The first-order valence-corrected chi connectivity index (χ1v) is 43.9. The van der Waals surface area contributed by atoms with E-state index in [0.717, 1.165) is 18.7 Å². The molecule has 0 aliphatic rings. The van der Waals surface area contributed by atoms with Gasteiger partial charge in [0.05, 0.1) is 0 Å². The molecule has 1 radical (unpaired) electrons. The molecular formula is C89H173N2. The van der Waals surface area contributed by atoms with Gasteiger partial charge in [-0.2, -0.15) is 0 Å². The third-order valence-electron chi connectivity index (χ3n) is 21.5. The van der Waals surface area contributed by atoms with Crippen LogP contribution in [0.1, 0.15) is 544 Å². The average Bonchev–Trinajstić information content (AvgIpc) is 2.82. The molecule has 0 amide bonds. The van der Waals surface area contributed by atoms with E-state index in [4.69, 9.17) is 9.97 Å². The van der Waals surface area contributed by atoms with Gasteiger partial charge >= 0.3 is 0 Å². The Balaban J connectivity index is 2.26. The van der Waals surface area contributed by atoms with E-state index in [-0.39, 0.29) is 0 Å². The summed E-state index contributed by atoms with van der Waals surface area (Å²) in [5.41, 5.74) is 4.28. The van der Waals surface area contributed by atoms with Crippen molar-refractivity contribution in [2.75, 3.05) is 0 Å². The highest BCUT2D eigenvalue weighted by Crippen LogP contribution is 2.25. The van der Waals surface area contributed by atoms with Crippen molar-refractivity contribution in [1.29, 1.82) is 0 Å². The van der Waals surface area contributed by atoms with E-state index in [2.05, 4.69) is 27.7 Å². The molecule has 0 saturated heterocycles. The van der Waals surface area contributed by atoms with E-state index >= 15 is 0 Å². The molecule has 539 valence electrons. The van der Waals surface area contributed by atoms with E-state index in [1.165, 1.54) is 524 Å². The summed E-state index contributed by atoms with van der Waals surface area (Å²) < 4.78 is 0. The van der Waals surface area contributed by atoms with Crippen molar-refractivity contribution in [3.8, 4) is 0 Å². The van der Waals surface area contributed by atoms with Crippen molar-refractivity contribution in [1.82, 2.24) is 9.97 Å². The van der Waals surface area contributed by atoms with Crippen LogP contribution < -0.4 is 0 Å². The minimum absolute atomic E-state index is 0.781. The Hall–Kier alpha value is -0.920. The van der Waals surface area contributed by atoms with E-state index in [1.807, 2.05) is 0 Å². The van der Waals surface area contributed by atoms with Gasteiger partial charge in [0.15, 0.2) is 0 Å². The van der Waals surface area contributed by atoms with Crippen molar-refractivity contribution in [3.05, 3.63) is 29.7 Å². The second kappa shape index (κ2) is 78.1. The molecule has 2 heteroatoms. The first kappa shape index (κ1) is 88.1. The van der Waals surface area contributed by atoms with Crippen molar-refractivity contribution in [3.63, 3.8) is 0 Å². The maximum absolute atomic E-state index is 5.10. The van der Waals surface area contributed by atoms with E-state index < -0.39 is 0 Å². The molecule has 1 aromatic heterocycles. The molecule has 0 aliphatic carbocycles. The molecule has 0 saturated carbocycles. The number of rotatable bonds is 81. The average molecular weight is 1270 g/mol. The summed E-state index contributed by atoms with van der Waals surface area (Å²) in [6.07, 6.45) is 117. The van der Waals surface area contributed by atoms with E-state index in [1.54, 1.807) is 0 Å². The molecule has 1 heterocycles. The highest BCUT2D eigenvalue weighted by atomic mass is 14.9. The lowest BCUT2D eigenvalue weighted by Gasteiger charge is -2.15. The minimum Gasteiger partial charge on any atom is -0.238 e. The quantitative estimate of drug-likeness (QED) is 0.0608. The molecule has 0 aliphatic heterocycles. The fourth-order valence-electron chi connectivity index (χ4n) is 15.2. The molecule has 0 unspecified atom stereocenters. The normalized spacial score (nSPS) is 11.8. The van der Waals surface area contributed by atoms with Gasteiger partial charge in [-0.3, -0.25) is 0 Å². The van der Waals surface area contributed by atoms with Gasteiger partial charge in [-0.1, -0.05) is 502 Å². The summed E-state index contributed by atoms with van der Waals surface area (Å²) in [5, 5.41) is 0. The van der Waals surface area contributed by atoms with Gasteiger partial charge in [0.2, 0.25) is 0 Å². The van der Waals surface area contributed by atoms with E-state index in [9.17, 15) is 0 Å². The Labute approximate surface area is 577 Å². The molecule has 0 fully saturated rings. The fraction of sp³-hybridized carbons (Fsp3) is 0.944. The van der Waals surface area contributed by atoms with Crippen LogP contribution in [0.4, 0.5) is 0 Å². The highest BCUT2D eigenvalue weighted by Gasteiger charge is 2.14. The van der Waals surface area contributed by atoms with Crippen LogP contribution in [0.3, 0.4) is 0 Å². The minimum atomic E-state index is 0.781. The molecule has 0 aromatic carbocycles. The Morgan fingerprint density at radius 3 is 0.396 bits per heavy atom. The Kier molecular flexibility index (Phi) is 75.6. The summed E-state index contributed by atoms with van der Waals surface area (Å²) in [4.78, 5) is 10.2. The van der Waals surface area contributed by atoms with Crippen molar-refractivity contribution < 1.29 is 0 Å². The fourth-order valence-corrected chi connectivity index (χ4v) is 15.2. The number of aromatic nitrogens is 2. The topological polar surface area (TPSA) is 25.8 Å². The zero-order chi connectivity index (χ0) is 65.0. The van der Waals surface area contributed by atoms with E-state index in [0.29, 0.717) is 0 Å². The lowest BCUT2D eigenvalue weighted by atomic mass is 9.96. The molecule has 2 nitrogen and oxygen atoms in total. The monoisotopic (exact) mass is 1270 g/mol. The lowest BCUT2D eigenvalue weighted by molar-refractivity contribution is 0.514. The third-order valence-corrected chi connectivity index (χ3v) is 21.5. The molecule has 0 atom stereocenters. The molecule has 0 spiro atoms. The summed E-state index contributed by atoms with van der Waals surface area (Å²) >= 11 is 0. The Bertz CT molecular complexity index is 1390. The van der Waals surface area contributed by atoms with Crippen LogP contribution in [0, 0.1) is 6.92 Å². The van der Waals surface area contributed by atoms with Crippen molar-refractivity contribution in [2.24, 2.45) is 0 Å². The predicted octanol–water partition coefficient (Wildman–Crippen LogP) is 32.8. The van der Waals surface area contributed by atoms with Crippen LogP contribution in [-0.2, 0) is 19.3 Å². The zero-order valence-electron chi connectivity index (χ0n) is 63.9. The number of nitrogens with zero attached hydrogens (tertiary/aromatic N) is 2. The number of hydrogen-bond acceptors (Lipinski definition) is 2. The van der Waals surface area contributed by atoms with Gasteiger partial charge in [0.1, 0.15) is 5.82 Å². The maximum atomic E-state index is 5.10.